The smallest absolute Gasteiger partial charge is 0.292 e. The molecule has 1 aromatic carbocycles. The van der Waals surface area contributed by atoms with Crippen LogP contribution in [0.25, 0.3) is 10.9 Å². The molecule has 0 fully saturated rings. The van der Waals surface area contributed by atoms with Gasteiger partial charge in [-0.3, -0.25) is 9.48 Å². The van der Waals surface area contributed by atoms with Crippen LogP contribution in [0, 0.1) is 13.8 Å². The number of aryl methyl sites for hydroxylation is 2. The van der Waals surface area contributed by atoms with E-state index in [0.717, 1.165) is 46.5 Å². The SMILES string of the molecule is Cc1[nH]c2c(Nc3c(N)n4n(c3=O)CCC4)ccc(N)c2c1C. The third-order valence-corrected chi connectivity index (χ3v) is 4.76. The van der Waals surface area contributed by atoms with Gasteiger partial charge in [0.2, 0.25) is 0 Å². The van der Waals surface area contributed by atoms with E-state index < -0.39 is 0 Å². The van der Waals surface area contributed by atoms with Crippen LogP contribution in [0.1, 0.15) is 17.7 Å². The molecule has 4 rings (SSSR count). The number of fused-ring (bicyclic) bond motifs is 2. The van der Waals surface area contributed by atoms with Crippen LogP contribution in [0.5, 0.6) is 0 Å². The van der Waals surface area contributed by atoms with E-state index in [4.69, 9.17) is 11.5 Å². The number of nitrogens with one attached hydrogen (secondary N) is 2. The Balaban J connectivity index is 1.88. The number of nitrogen functional groups attached to an aromatic ring is 2. The highest BCUT2D eigenvalue weighted by Crippen LogP contribution is 2.34. The molecule has 0 bridgehead atoms. The number of anilines is 4. The average Bonchev–Trinajstić information content (AvgIpc) is 3.17. The summed E-state index contributed by atoms with van der Waals surface area (Å²) in [6.07, 6.45) is 0.945. The zero-order valence-corrected chi connectivity index (χ0v) is 13.2. The summed E-state index contributed by atoms with van der Waals surface area (Å²) >= 11 is 0. The molecule has 1 aliphatic rings. The van der Waals surface area contributed by atoms with Gasteiger partial charge in [0.1, 0.15) is 11.5 Å². The average molecular weight is 312 g/mol. The van der Waals surface area contributed by atoms with Crippen LogP contribution in [-0.4, -0.2) is 14.3 Å². The zero-order valence-electron chi connectivity index (χ0n) is 13.2. The molecule has 120 valence electrons. The molecule has 3 aromatic rings. The van der Waals surface area contributed by atoms with Crippen LogP contribution in [0.4, 0.5) is 22.9 Å². The van der Waals surface area contributed by atoms with Crippen molar-refractivity contribution in [2.45, 2.75) is 33.4 Å². The maximum Gasteiger partial charge on any atom is 0.292 e. The van der Waals surface area contributed by atoms with E-state index in [1.165, 1.54) is 0 Å². The highest BCUT2D eigenvalue weighted by molar-refractivity contribution is 6.03. The van der Waals surface area contributed by atoms with Gasteiger partial charge in [0.15, 0.2) is 0 Å². The Hall–Kier alpha value is -2.83. The fourth-order valence-corrected chi connectivity index (χ4v) is 3.42. The minimum atomic E-state index is -0.0787. The van der Waals surface area contributed by atoms with Gasteiger partial charge < -0.3 is 21.8 Å². The summed E-state index contributed by atoms with van der Waals surface area (Å²) in [5, 5.41) is 4.20. The highest BCUT2D eigenvalue weighted by atomic mass is 16.1. The molecule has 6 N–H and O–H groups in total. The lowest BCUT2D eigenvalue weighted by atomic mass is 10.1. The predicted octanol–water partition coefficient (Wildman–Crippen LogP) is 2.06. The number of H-pyrrole nitrogens is 1. The Morgan fingerprint density at radius 1 is 1.17 bits per heavy atom. The van der Waals surface area contributed by atoms with Gasteiger partial charge >= 0.3 is 0 Å². The lowest BCUT2D eigenvalue weighted by Gasteiger charge is -2.08. The van der Waals surface area contributed by atoms with Gasteiger partial charge in [-0.05, 0) is 38.0 Å². The van der Waals surface area contributed by atoms with Crippen molar-refractivity contribution < 1.29 is 0 Å². The molecule has 23 heavy (non-hydrogen) atoms. The molecule has 0 radical (unpaired) electrons. The van der Waals surface area contributed by atoms with Crippen molar-refractivity contribution in [3.8, 4) is 0 Å². The summed E-state index contributed by atoms with van der Waals surface area (Å²) in [6.45, 7) is 5.53. The van der Waals surface area contributed by atoms with Gasteiger partial charge in [-0.2, -0.15) is 0 Å². The quantitative estimate of drug-likeness (QED) is 0.543. The lowest BCUT2D eigenvalue weighted by Crippen LogP contribution is -2.18. The second-order valence-electron chi connectivity index (χ2n) is 6.12. The Kier molecular flexibility index (Phi) is 2.75. The van der Waals surface area contributed by atoms with Crippen molar-refractivity contribution in [3.05, 3.63) is 33.7 Å². The molecule has 0 spiro atoms. The third-order valence-electron chi connectivity index (χ3n) is 4.76. The summed E-state index contributed by atoms with van der Waals surface area (Å²) in [6, 6.07) is 3.72. The second kappa shape index (κ2) is 4.58. The Bertz CT molecular complexity index is 991. The van der Waals surface area contributed by atoms with E-state index in [-0.39, 0.29) is 5.56 Å². The fraction of sp³-hybridized carbons (Fsp3) is 0.312. The number of hydrogen-bond acceptors (Lipinski definition) is 4. The first kappa shape index (κ1) is 13.8. The van der Waals surface area contributed by atoms with E-state index in [1.54, 1.807) is 4.68 Å². The van der Waals surface area contributed by atoms with Crippen LogP contribution in [0.3, 0.4) is 0 Å². The first-order valence-corrected chi connectivity index (χ1v) is 7.72. The topological polar surface area (TPSA) is 107 Å². The van der Waals surface area contributed by atoms with E-state index in [1.807, 2.05) is 30.7 Å². The third kappa shape index (κ3) is 1.79. The van der Waals surface area contributed by atoms with Gasteiger partial charge in [0, 0.05) is 29.9 Å². The maximum atomic E-state index is 12.5. The summed E-state index contributed by atoms with van der Waals surface area (Å²) in [7, 11) is 0. The number of nitrogens with zero attached hydrogens (tertiary/aromatic N) is 2. The molecule has 7 heteroatoms. The molecule has 0 saturated carbocycles. The van der Waals surface area contributed by atoms with E-state index in [2.05, 4.69) is 10.3 Å². The van der Waals surface area contributed by atoms with E-state index in [9.17, 15) is 4.79 Å². The van der Waals surface area contributed by atoms with Gasteiger partial charge in [0.25, 0.3) is 5.56 Å². The summed E-state index contributed by atoms with van der Waals surface area (Å²) in [5.41, 5.74) is 17.2. The van der Waals surface area contributed by atoms with Crippen molar-refractivity contribution in [1.29, 1.82) is 0 Å². The molecule has 0 aliphatic carbocycles. The number of aromatic nitrogens is 3. The number of benzene rings is 1. The van der Waals surface area contributed by atoms with Gasteiger partial charge in [-0.1, -0.05) is 0 Å². The molecule has 3 heterocycles. The van der Waals surface area contributed by atoms with Crippen LogP contribution in [0.15, 0.2) is 16.9 Å². The Labute approximate surface area is 132 Å². The van der Waals surface area contributed by atoms with Crippen LogP contribution in [0.2, 0.25) is 0 Å². The van der Waals surface area contributed by atoms with Crippen molar-refractivity contribution in [2.75, 3.05) is 16.8 Å². The standard InChI is InChI=1S/C16H20N6O/c1-8-9(2)19-13-11(5-4-10(17)12(8)13)20-14-15(18)21-6-3-7-22(21)16(14)23/h4-5,19-20H,3,6-7,17-18H2,1-2H3. The Morgan fingerprint density at radius 2 is 1.91 bits per heavy atom. The lowest BCUT2D eigenvalue weighted by molar-refractivity contribution is 0.601. The van der Waals surface area contributed by atoms with Gasteiger partial charge in [-0.15, -0.1) is 0 Å². The Morgan fingerprint density at radius 3 is 2.65 bits per heavy atom. The molecule has 0 atom stereocenters. The molecular formula is C16H20N6O. The molecule has 7 nitrogen and oxygen atoms in total. The molecule has 0 saturated heterocycles. The van der Waals surface area contributed by atoms with Gasteiger partial charge in [0.05, 0.1) is 11.2 Å². The predicted molar refractivity (Wildman–Crippen MR) is 93.2 cm³/mol. The normalized spacial score (nSPS) is 13.7. The monoisotopic (exact) mass is 312 g/mol. The van der Waals surface area contributed by atoms with Crippen molar-refractivity contribution >= 4 is 33.8 Å². The highest BCUT2D eigenvalue weighted by Gasteiger charge is 2.22. The van der Waals surface area contributed by atoms with Crippen molar-refractivity contribution in [3.63, 3.8) is 0 Å². The van der Waals surface area contributed by atoms with E-state index >= 15 is 0 Å². The maximum absolute atomic E-state index is 12.5. The summed E-state index contributed by atoms with van der Waals surface area (Å²) < 4.78 is 3.53. The molecule has 0 unspecified atom stereocenters. The molecule has 2 aromatic heterocycles. The first-order chi connectivity index (χ1) is 11.0. The summed E-state index contributed by atoms with van der Waals surface area (Å²) in [5.74, 6) is 0.484. The largest absolute Gasteiger partial charge is 0.398 e. The molecule has 1 aliphatic heterocycles. The second-order valence-corrected chi connectivity index (χ2v) is 6.12. The fourth-order valence-electron chi connectivity index (χ4n) is 3.42. The summed E-state index contributed by atoms with van der Waals surface area (Å²) in [4.78, 5) is 15.9. The zero-order chi connectivity index (χ0) is 16.3. The number of rotatable bonds is 2. The first-order valence-electron chi connectivity index (χ1n) is 7.72. The molecular weight excluding hydrogens is 292 g/mol. The minimum Gasteiger partial charge on any atom is -0.398 e. The number of nitrogens with two attached hydrogens (primary N) is 2. The number of hydrogen-bond donors (Lipinski definition) is 4. The number of aromatic amines is 1. The van der Waals surface area contributed by atoms with Crippen LogP contribution >= 0.6 is 0 Å². The van der Waals surface area contributed by atoms with Crippen LogP contribution in [-0.2, 0) is 13.1 Å². The van der Waals surface area contributed by atoms with Gasteiger partial charge in [-0.25, -0.2) is 4.68 Å². The minimum absolute atomic E-state index is 0.0787. The van der Waals surface area contributed by atoms with E-state index in [0.29, 0.717) is 18.1 Å². The van der Waals surface area contributed by atoms with Crippen LogP contribution < -0.4 is 22.3 Å². The molecule has 0 amide bonds. The van der Waals surface area contributed by atoms with Crippen molar-refractivity contribution in [2.24, 2.45) is 0 Å². The van der Waals surface area contributed by atoms with Crippen molar-refractivity contribution in [1.82, 2.24) is 14.3 Å².